The Bertz CT molecular complexity index is 238. The van der Waals surface area contributed by atoms with E-state index < -0.39 is 0 Å². The van der Waals surface area contributed by atoms with Crippen molar-refractivity contribution in [1.29, 1.82) is 5.26 Å². The van der Waals surface area contributed by atoms with Gasteiger partial charge in [-0.2, -0.15) is 10.3 Å². The predicted octanol–water partition coefficient (Wildman–Crippen LogP) is 1.19. The van der Waals surface area contributed by atoms with E-state index in [9.17, 15) is 4.79 Å². The largest absolute Gasteiger partial charge is 0.359 e. The Balaban J connectivity index is 4.32. The number of nitriles is 1. The summed E-state index contributed by atoms with van der Waals surface area (Å²) in [7, 11) is 3.42. The minimum absolute atomic E-state index is 0.0617. The number of amidine groups is 1. The van der Waals surface area contributed by atoms with Gasteiger partial charge in [0, 0.05) is 20.5 Å². The second-order valence-electron chi connectivity index (χ2n) is 2.96. The van der Waals surface area contributed by atoms with Crippen molar-refractivity contribution in [2.45, 2.75) is 26.2 Å². The van der Waals surface area contributed by atoms with Crippen molar-refractivity contribution in [3.05, 3.63) is 0 Å². The predicted molar refractivity (Wildman–Crippen MR) is 51.3 cm³/mol. The van der Waals surface area contributed by atoms with Crippen LogP contribution in [0.2, 0.25) is 0 Å². The monoisotopic (exact) mass is 181 g/mol. The van der Waals surface area contributed by atoms with Gasteiger partial charge in [-0.15, -0.1) is 0 Å². The van der Waals surface area contributed by atoms with Crippen molar-refractivity contribution < 1.29 is 4.79 Å². The Hall–Kier alpha value is -1.37. The number of hydrogen-bond donors (Lipinski definition) is 0. The SMILES string of the molecule is CCCCC(=O)C(=NC#N)N(C)C. The molecule has 0 bridgehead atoms. The molecule has 0 aliphatic rings. The van der Waals surface area contributed by atoms with Gasteiger partial charge in [0.25, 0.3) is 0 Å². The molecule has 0 aliphatic heterocycles. The number of rotatable bonds is 4. The first kappa shape index (κ1) is 11.6. The molecule has 4 heteroatoms. The van der Waals surface area contributed by atoms with Gasteiger partial charge < -0.3 is 4.90 Å². The van der Waals surface area contributed by atoms with E-state index in [2.05, 4.69) is 4.99 Å². The first-order chi connectivity index (χ1) is 6.13. The van der Waals surface area contributed by atoms with E-state index in [1.807, 2.05) is 6.92 Å². The van der Waals surface area contributed by atoms with Crippen LogP contribution >= 0.6 is 0 Å². The number of carbonyl (C=O) groups excluding carboxylic acids is 1. The number of Topliss-reactive ketones (excluding diaryl/α,β-unsaturated/α-hetero) is 1. The number of aliphatic imine (C=N–C) groups is 1. The average molecular weight is 181 g/mol. The third-order valence-electron chi connectivity index (χ3n) is 1.59. The van der Waals surface area contributed by atoms with Gasteiger partial charge in [-0.1, -0.05) is 13.3 Å². The fourth-order valence-electron chi connectivity index (χ4n) is 0.908. The van der Waals surface area contributed by atoms with Crippen molar-refractivity contribution in [3.8, 4) is 6.19 Å². The lowest BCUT2D eigenvalue weighted by atomic mass is 10.1. The zero-order chi connectivity index (χ0) is 10.3. The molecule has 0 saturated heterocycles. The molecular formula is C9H15N3O. The van der Waals surface area contributed by atoms with Crippen LogP contribution in [0.4, 0.5) is 0 Å². The summed E-state index contributed by atoms with van der Waals surface area (Å²) in [6.07, 6.45) is 3.91. The second kappa shape index (κ2) is 6.18. The Morgan fingerprint density at radius 1 is 1.54 bits per heavy atom. The molecule has 0 unspecified atom stereocenters. The third-order valence-corrected chi connectivity index (χ3v) is 1.59. The lowest BCUT2D eigenvalue weighted by molar-refractivity contribution is -0.113. The fraction of sp³-hybridized carbons (Fsp3) is 0.667. The van der Waals surface area contributed by atoms with Crippen molar-refractivity contribution >= 4 is 11.6 Å². The topological polar surface area (TPSA) is 56.5 Å². The molecule has 0 aliphatic carbocycles. The molecule has 0 aromatic carbocycles. The van der Waals surface area contributed by atoms with Crippen molar-refractivity contribution in [3.63, 3.8) is 0 Å². The van der Waals surface area contributed by atoms with E-state index in [1.165, 1.54) is 0 Å². The maximum atomic E-state index is 11.4. The van der Waals surface area contributed by atoms with Crippen LogP contribution in [0.25, 0.3) is 0 Å². The molecule has 0 fully saturated rings. The summed E-state index contributed by atoms with van der Waals surface area (Å²) in [5.41, 5.74) is 0. The summed E-state index contributed by atoms with van der Waals surface area (Å²) in [6, 6.07) is 0. The summed E-state index contributed by atoms with van der Waals surface area (Å²) >= 11 is 0. The Morgan fingerprint density at radius 3 is 2.54 bits per heavy atom. The van der Waals surface area contributed by atoms with Crippen LogP contribution in [-0.4, -0.2) is 30.6 Å². The number of likely N-dealkylation sites (N-methyl/N-ethyl adjacent to an activating group) is 1. The summed E-state index contributed by atoms with van der Waals surface area (Å²) in [5, 5.41) is 8.34. The molecule has 0 saturated carbocycles. The van der Waals surface area contributed by atoms with E-state index in [1.54, 1.807) is 25.2 Å². The summed E-state index contributed by atoms with van der Waals surface area (Å²) in [5.74, 6) is 0.185. The van der Waals surface area contributed by atoms with E-state index >= 15 is 0 Å². The molecule has 0 radical (unpaired) electrons. The lowest BCUT2D eigenvalue weighted by Crippen LogP contribution is -2.29. The van der Waals surface area contributed by atoms with Gasteiger partial charge in [0.05, 0.1) is 0 Å². The van der Waals surface area contributed by atoms with E-state index in [0.717, 1.165) is 12.8 Å². The molecule has 0 aromatic heterocycles. The maximum Gasteiger partial charge on any atom is 0.207 e. The summed E-state index contributed by atoms with van der Waals surface area (Å²) < 4.78 is 0. The van der Waals surface area contributed by atoms with Crippen LogP contribution in [0, 0.1) is 11.5 Å². The third kappa shape index (κ3) is 4.26. The smallest absolute Gasteiger partial charge is 0.207 e. The van der Waals surface area contributed by atoms with E-state index in [4.69, 9.17) is 5.26 Å². The number of nitrogens with zero attached hydrogens (tertiary/aromatic N) is 3. The second-order valence-corrected chi connectivity index (χ2v) is 2.96. The van der Waals surface area contributed by atoms with Crippen LogP contribution in [0.15, 0.2) is 4.99 Å². The zero-order valence-electron chi connectivity index (χ0n) is 8.37. The molecule has 0 spiro atoms. The van der Waals surface area contributed by atoms with Gasteiger partial charge in [0.2, 0.25) is 6.19 Å². The van der Waals surface area contributed by atoms with Gasteiger partial charge in [-0.3, -0.25) is 4.79 Å². The minimum atomic E-state index is -0.0617. The minimum Gasteiger partial charge on any atom is -0.359 e. The highest BCUT2D eigenvalue weighted by Gasteiger charge is 2.12. The molecule has 13 heavy (non-hydrogen) atoms. The van der Waals surface area contributed by atoms with Crippen LogP contribution in [0.3, 0.4) is 0 Å². The molecular weight excluding hydrogens is 166 g/mol. The van der Waals surface area contributed by atoms with Gasteiger partial charge in [-0.05, 0) is 6.42 Å². The first-order valence-electron chi connectivity index (χ1n) is 4.30. The van der Waals surface area contributed by atoms with Crippen molar-refractivity contribution in [2.24, 2.45) is 4.99 Å². The van der Waals surface area contributed by atoms with E-state index in [-0.39, 0.29) is 11.6 Å². The molecule has 0 heterocycles. The number of ketones is 1. The standard InChI is InChI=1S/C9H15N3O/c1-4-5-6-8(13)9(11-7-10)12(2)3/h4-6H2,1-3H3. The van der Waals surface area contributed by atoms with Crippen LogP contribution < -0.4 is 0 Å². The average Bonchev–Trinajstić information content (AvgIpc) is 2.09. The Morgan fingerprint density at radius 2 is 2.15 bits per heavy atom. The molecule has 0 amide bonds. The number of unbranched alkanes of at least 4 members (excludes halogenated alkanes) is 1. The van der Waals surface area contributed by atoms with Crippen LogP contribution in [0.1, 0.15) is 26.2 Å². The quantitative estimate of drug-likeness (QED) is 0.372. The van der Waals surface area contributed by atoms with Gasteiger partial charge in [-0.25, -0.2) is 0 Å². The van der Waals surface area contributed by atoms with Crippen LogP contribution in [0.5, 0.6) is 0 Å². The highest BCUT2D eigenvalue weighted by Crippen LogP contribution is 1.98. The Labute approximate surface area is 78.9 Å². The molecule has 4 nitrogen and oxygen atoms in total. The summed E-state index contributed by atoms with van der Waals surface area (Å²) in [6.45, 7) is 2.02. The molecule has 0 atom stereocenters. The number of hydrogen-bond acceptors (Lipinski definition) is 3. The maximum absolute atomic E-state index is 11.4. The summed E-state index contributed by atoms with van der Waals surface area (Å²) in [4.78, 5) is 16.5. The zero-order valence-corrected chi connectivity index (χ0v) is 8.37. The van der Waals surface area contributed by atoms with Gasteiger partial charge >= 0.3 is 0 Å². The molecule has 0 aromatic rings. The Kier molecular flexibility index (Phi) is 5.53. The van der Waals surface area contributed by atoms with Gasteiger partial charge in [0.15, 0.2) is 11.6 Å². The fourth-order valence-corrected chi connectivity index (χ4v) is 0.908. The van der Waals surface area contributed by atoms with Crippen molar-refractivity contribution in [2.75, 3.05) is 14.1 Å². The highest BCUT2D eigenvalue weighted by atomic mass is 16.1. The van der Waals surface area contributed by atoms with Gasteiger partial charge in [0.1, 0.15) is 0 Å². The molecule has 0 N–H and O–H groups in total. The van der Waals surface area contributed by atoms with Crippen molar-refractivity contribution in [1.82, 2.24) is 4.90 Å². The lowest BCUT2D eigenvalue weighted by Gasteiger charge is -2.12. The first-order valence-corrected chi connectivity index (χ1v) is 4.30. The molecule has 0 rings (SSSR count). The number of carbonyl (C=O) groups is 1. The van der Waals surface area contributed by atoms with E-state index in [0.29, 0.717) is 6.42 Å². The normalized spacial score (nSPS) is 10.8. The highest BCUT2D eigenvalue weighted by molar-refractivity contribution is 6.38. The van der Waals surface area contributed by atoms with Crippen LogP contribution in [-0.2, 0) is 4.79 Å². The molecule has 72 valence electrons.